The first-order chi connectivity index (χ1) is 9.58. The Balaban J connectivity index is 1.80. The molecule has 0 radical (unpaired) electrons. The van der Waals surface area contributed by atoms with Gasteiger partial charge >= 0.3 is 5.97 Å². The van der Waals surface area contributed by atoms with E-state index in [4.69, 9.17) is 0 Å². The third-order valence-corrected chi connectivity index (χ3v) is 4.44. The Morgan fingerprint density at radius 1 is 1.65 bits per heavy atom. The number of halogens is 2. The fourth-order valence-corrected chi connectivity index (χ4v) is 3.36. The van der Waals surface area contributed by atoms with Crippen molar-refractivity contribution in [2.45, 2.75) is 25.7 Å². The highest BCUT2D eigenvalue weighted by Gasteiger charge is 2.24. The lowest BCUT2D eigenvalue weighted by Gasteiger charge is -2.15. The Morgan fingerprint density at radius 3 is 3.15 bits per heavy atom. The summed E-state index contributed by atoms with van der Waals surface area (Å²) in [5, 5.41) is 0.908. The molecule has 1 aromatic heterocycles. The number of rotatable bonds is 6. The topological polar surface area (TPSA) is 42.4 Å². The monoisotopic (exact) mass is 304 g/mol. The Bertz CT molecular complexity index is 453. The molecule has 1 fully saturated rings. The van der Waals surface area contributed by atoms with Crippen LogP contribution in [0, 0.1) is 5.92 Å². The molecule has 1 aliphatic heterocycles. The summed E-state index contributed by atoms with van der Waals surface area (Å²) in [6, 6.07) is 0. The molecule has 2 heterocycles. The zero-order valence-corrected chi connectivity index (χ0v) is 12.2. The van der Waals surface area contributed by atoms with Crippen LogP contribution in [0.2, 0.25) is 0 Å². The Kier molecular flexibility index (Phi) is 5.42. The fraction of sp³-hybridized carbons (Fsp3) is 0.692. The lowest BCUT2D eigenvalue weighted by Crippen LogP contribution is -2.23. The van der Waals surface area contributed by atoms with E-state index in [9.17, 15) is 13.6 Å². The Hall–Kier alpha value is -1.08. The van der Waals surface area contributed by atoms with Crippen LogP contribution in [0.1, 0.15) is 27.5 Å². The van der Waals surface area contributed by atoms with E-state index >= 15 is 0 Å². The van der Waals surface area contributed by atoms with Crippen molar-refractivity contribution in [3.8, 4) is 0 Å². The number of ether oxygens (including phenoxy) is 1. The predicted octanol–water partition coefficient (Wildman–Crippen LogP) is 2.45. The molecule has 2 rings (SSSR count). The molecular weight excluding hydrogens is 286 g/mol. The van der Waals surface area contributed by atoms with E-state index in [1.54, 1.807) is 0 Å². The number of alkyl halides is 2. The maximum atomic E-state index is 12.2. The quantitative estimate of drug-likeness (QED) is 0.757. The van der Waals surface area contributed by atoms with Gasteiger partial charge in [-0.25, -0.2) is 18.6 Å². The summed E-state index contributed by atoms with van der Waals surface area (Å²) in [4.78, 5) is 18.1. The molecule has 0 N–H and O–H groups in total. The molecular formula is C13H18F2N2O2S. The average molecular weight is 304 g/mol. The Labute approximate surface area is 120 Å². The fourth-order valence-electron chi connectivity index (χ4n) is 2.41. The second kappa shape index (κ2) is 7.08. The Morgan fingerprint density at radius 2 is 2.45 bits per heavy atom. The van der Waals surface area contributed by atoms with Gasteiger partial charge in [0, 0.05) is 25.9 Å². The highest BCUT2D eigenvalue weighted by Crippen LogP contribution is 2.24. The number of thiazole rings is 1. The van der Waals surface area contributed by atoms with Gasteiger partial charge in [0.15, 0.2) is 0 Å². The van der Waals surface area contributed by atoms with Crippen molar-refractivity contribution in [3.05, 3.63) is 16.1 Å². The van der Waals surface area contributed by atoms with Crippen molar-refractivity contribution in [2.75, 3.05) is 26.7 Å². The van der Waals surface area contributed by atoms with Gasteiger partial charge in [-0.05, 0) is 18.9 Å². The summed E-state index contributed by atoms with van der Waals surface area (Å²) in [6.07, 6.45) is 1.05. The van der Waals surface area contributed by atoms with E-state index in [0.717, 1.165) is 30.9 Å². The third-order valence-electron chi connectivity index (χ3n) is 3.44. The van der Waals surface area contributed by atoms with Crippen LogP contribution in [-0.4, -0.2) is 49.0 Å². The van der Waals surface area contributed by atoms with Gasteiger partial charge < -0.3 is 9.64 Å². The molecule has 1 aliphatic rings. The number of likely N-dealkylation sites (tertiary alicyclic amines) is 1. The number of hydrogen-bond acceptors (Lipinski definition) is 5. The van der Waals surface area contributed by atoms with E-state index in [0.29, 0.717) is 17.3 Å². The first kappa shape index (κ1) is 15.3. The minimum atomic E-state index is -2.23. The van der Waals surface area contributed by atoms with Gasteiger partial charge in [0.05, 0.1) is 18.3 Å². The summed E-state index contributed by atoms with van der Waals surface area (Å²) < 4.78 is 29.0. The normalized spacial score (nSPS) is 19.7. The van der Waals surface area contributed by atoms with Gasteiger partial charge in [-0.1, -0.05) is 0 Å². The average Bonchev–Trinajstić information content (AvgIpc) is 3.05. The molecule has 0 saturated carbocycles. The van der Waals surface area contributed by atoms with E-state index < -0.39 is 6.43 Å². The van der Waals surface area contributed by atoms with E-state index in [-0.39, 0.29) is 12.4 Å². The number of aromatic nitrogens is 1. The third kappa shape index (κ3) is 4.21. The summed E-state index contributed by atoms with van der Waals surface area (Å²) in [5.41, 5.74) is 0. The molecule has 4 nitrogen and oxygen atoms in total. The molecule has 20 heavy (non-hydrogen) atoms. The van der Waals surface area contributed by atoms with E-state index in [2.05, 4.69) is 14.6 Å². The van der Waals surface area contributed by atoms with E-state index in [1.165, 1.54) is 24.6 Å². The highest BCUT2D eigenvalue weighted by atomic mass is 32.1. The van der Waals surface area contributed by atoms with Gasteiger partial charge in [0.1, 0.15) is 4.88 Å². The van der Waals surface area contributed by atoms with Crippen molar-refractivity contribution >= 4 is 17.3 Å². The maximum absolute atomic E-state index is 12.2. The van der Waals surface area contributed by atoms with Gasteiger partial charge in [-0.15, -0.1) is 11.3 Å². The smallest absolute Gasteiger partial charge is 0.349 e. The van der Waals surface area contributed by atoms with Gasteiger partial charge in [0.2, 0.25) is 6.43 Å². The van der Waals surface area contributed by atoms with Crippen molar-refractivity contribution in [1.82, 2.24) is 9.88 Å². The molecule has 0 unspecified atom stereocenters. The van der Waals surface area contributed by atoms with Crippen molar-refractivity contribution in [1.29, 1.82) is 0 Å². The number of nitrogens with zero attached hydrogens (tertiary/aromatic N) is 2. The van der Waals surface area contributed by atoms with Crippen LogP contribution in [0.3, 0.4) is 0 Å². The second-order valence-electron chi connectivity index (χ2n) is 4.95. The largest absolute Gasteiger partial charge is 0.465 e. The predicted molar refractivity (Wildman–Crippen MR) is 72.3 cm³/mol. The van der Waals surface area contributed by atoms with Crippen LogP contribution in [0.25, 0.3) is 0 Å². The van der Waals surface area contributed by atoms with Crippen molar-refractivity contribution in [3.63, 3.8) is 0 Å². The summed E-state index contributed by atoms with van der Waals surface area (Å²) in [5.74, 6) is 0.0723. The number of carbonyl (C=O) groups is 1. The van der Waals surface area contributed by atoms with E-state index in [1.807, 2.05) is 0 Å². The van der Waals surface area contributed by atoms with Gasteiger partial charge in [-0.2, -0.15) is 0 Å². The zero-order valence-electron chi connectivity index (χ0n) is 11.3. The molecule has 1 aromatic rings. The lowest BCUT2D eigenvalue weighted by molar-refractivity contribution is 0.0606. The molecule has 112 valence electrons. The first-order valence-corrected chi connectivity index (χ1v) is 7.43. The molecule has 7 heteroatoms. The SMILES string of the molecule is COC(=O)c1cnc(C[C@@H]2CCN(CCC(F)F)C2)s1. The number of esters is 1. The summed E-state index contributed by atoms with van der Waals surface area (Å²) in [6.45, 7) is 2.16. The van der Waals surface area contributed by atoms with Crippen LogP contribution < -0.4 is 0 Å². The number of methoxy groups -OCH3 is 1. The van der Waals surface area contributed by atoms with Crippen LogP contribution in [-0.2, 0) is 11.2 Å². The molecule has 0 spiro atoms. The molecule has 0 aliphatic carbocycles. The first-order valence-electron chi connectivity index (χ1n) is 6.62. The summed E-state index contributed by atoms with van der Waals surface area (Å²) in [7, 11) is 1.35. The van der Waals surface area contributed by atoms with Crippen LogP contribution >= 0.6 is 11.3 Å². The molecule has 1 atom stereocenters. The standard InChI is InChI=1S/C13H18F2N2O2S/c1-19-13(18)10-7-16-12(20-10)6-9-2-4-17(8-9)5-3-11(14)15/h7,9,11H,2-6,8H2,1H3/t9-/m0/s1. The molecule has 1 saturated heterocycles. The van der Waals surface area contributed by atoms with Crippen LogP contribution in [0.15, 0.2) is 6.20 Å². The minimum absolute atomic E-state index is 0.0591. The maximum Gasteiger partial charge on any atom is 0.349 e. The van der Waals surface area contributed by atoms with Crippen LogP contribution in [0.4, 0.5) is 8.78 Å². The highest BCUT2D eigenvalue weighted by molar-refractivity contribution is 7.13. The van der Waals surface area contributed by atoms with Crippen molar-refractivity contribution < 1.29 is 18.3 Å². The number of carbonyl (C=O) groups excluding carboxylic acids is 1. The number of hydrogen-bond donors (Lipinski definition) is 0. The van der Waals surface area contributed by atoms with Crippen LogP contribution in [0.5, 0.6) is 0 Å². The molecule has 0 bridgehead atoms. The second-order valence-corrected chi connectivity index (χ2v) is 6.06. The lowest BCUT2D eigenvalue weighted by atomic mass is 10.1. The molecule has 0 aromatic carbocycles. The summed E-state index contributed by atoms with van der Waals surface area (Å²) >= 11 is 1.35. The minimum Gasteiger partial charge on any atom is -0.465 e. The zero-order chi connectivity index (χ0) is 14.5. The van der Waals surface area contributed by atoms with Gasteiger partial charge in [-0.3, -0.25) is 0 Å². The molecule has 0 amide bonds. The van der Waals surface area contributed by atoms with Crippen molar-refractivity contribution in [2.24, 2.45) is 5.92 Å². The van der Waals surface area contributed by atoms with Gasteiger partial charge in [0.25, 0.3) is 0 Å².